The predicted molar refractivity (Wildman–Crippen MR) is 84.2 cm³/mol. The van der Waals surface area contributed by atoms with Crippen LogP contribution in [0.2, 0.25) is 5.02 Å². The SMILES string of the molecule is C#CCOc1ccc(-c2ccc(Br)c(=O)n2C)c(Cl)c1. The largest absolute Gasteiger partial charge is 0.481 e. The fourth-order valence-corrected chi connectivity index (χ4v) is 2.46. The summed E-state index contributed by atoms with van der Waals surface area (Å²) >= 11 is 9.45. The van der Waals surface area contributed by atoms with E-state index in [1.165, 1.54) is 4.57 Å². The molecule has 3 nitrogen and oxygen atoms in total. The number of aromatic nitrogens is 1. The van der Waals surface area contributed by atoms with Crippen molar-refractivity contribution in [2.45, 2.75) is 0 Å². The Morgan fingerprint density at radius 1 is 1.40 bits per heavy atom. The molecule has 0 aliphatic rings. The zero-order chi connectivity index (χ0) is 14.7. The van der Waals surface area contributed by atoms with Crippen molar-refractivity contribution in [3.63, 3.8) is 0 Å². The molecule has 1 heterocycles. The molecule has 0 aliphatic heterocycles. The molecular formula is C15H11BrClNO2. The fourth-order valence-electron chi connectivity index (χ4n) is 1.79. The maximum atomic E-state index is 11.9. The maximum Gasteiger partial charge on any atom is 0.265 e. The molecule has 0 aliphatic carbocycles. The van der Waals surface area contributed by atoms with E-state index in [0.717, 1.165) is 11.3 Å². The Bertz CT molecular complexity index is 747. The van der Waals surface area contributed by atoms with Crippen LogP contribution in [-0.4, -0.2) is 11.2 Å². The Labute approximate surface area is 130 Å². The second-order valence-corrected chi connectivity index (χ2v) is 5.33. The third-order valence-electron chi connectivity index (χ3n) is 2.80. The number of terminal acetylenes is 1. The second-order valence-electron chi connectivity index (χ2n) is 4.07. The van der Waals surface area contributed by atoms with Crippen LogP contribution in [0.15, 0.2) is 39.6 Å². The normalized spacial score (nSPS) is 10.1. The van der Waals surface area contributed by atoms with E-state index < -0.39 is 0 Å². The highest BCUT2D eigenvalue weighted by molar-refractivity contribution is 9.10. The average Bonchev–Trinajstić information content (AvgIpc) is 2.44. The summed E-state index contributed by atoms with van der Waals surface area (Å²) in [4.78, 5) is 11.9. The molecule has 5 heteroatoms. The number of pyridine rings is 1. The van der Waals surface area contributed by atoms with Crippen molar-refractivity contribution < 1.29 is 4.74 Å². The Hall–Kier alpha value is -1.70. The van der Waals surface area contributed by atoms with E-state index in [0.29, 0.717) is 15.2 Å². The quantitative estimate of drug-likeness (QED) is 0.792. The summed E-state index contributed by atoms with van der Waals surface area (Å²) in [5.74, 6) is 2.98. The van der Waals surface area contributed by atoms with Crippen LogP contribution in [0, 0.1) is 12.3 Å². The Morgan fingerprint density at radius 3 is 2.80 bits per heavy atom. The van der Waals surface area contributed by atoms with Crippen LogP contribution < -0.4 is 10.3 Å². The van der Waals surface area contributed by atoms with Gasteiger partial charge in [0.05, 0.1) is 15.2 Å². The lowest BCUT2D eigenvalue weighted by Gasteiger charge is -2.11. The minimum absolute atomic E-state index is 0.119. The van der Waals surface area contributed by atoms with E-state index in [2.05, 4.69) is 21.9 Å². The van der Waals surface area contributed by atoms with Gasteiger partial charge in [-0.15, -0.1) is 6.42 Å². The molecule has 0 atom stereocenters. The molecule has 0 saturated heterocycles. The summed E-state index contributed by atoms with van der Waals surface area (Å²) in [6.07, 6.45) is 5.14. The second kappa shape index (κ2) is 6.17. The zero-order valence-corrected chi connectivity index (χ0v) is 13.0. The third-order valence-corrected chi connectivity index (χ3v) is 3.71. The van der Waals surface area contributed by atoms with Gasteiger partial charge in [0.1, 0.15) is 12.4 Å². The van der Waals surface area contributed by atoms with E-state index in [4.69, 9.17) is 22.8 Å². The number of hydrogen-bond donors (Lipinski definition) is 0. The molecule has 0 spiro atoms. The Morgan fingerprint density at radius 2 is 2.15 bits per heavy atom. The molecule has 0 amide bonds. The van der Waals surface area contributed by atoms with Crippen LogP contribution >= 0.6 is 27.5 Å². The van der Waals surface area contributed by atoms with Gasteiger partial charge in [-0.25, -0.2) is 0 Å². The van der Waals surface area contributed by atoms with Crippen LogP contribution in [0.4, 0.5) is 0 Å². The molecule has 0 unspecified atom stereocenters. The predicted octanol–water partition coefficient (Wildman–Crippen LogP) is 3.48. The molecule has 0 saturated carbocycles. The molecule has 0 radical (unpaired) electrons. The van der Waals surface area contributed by atoms with Gasteiger partial charge < -0.3 is 9.30 Å². The molecule has 1 aromatic carbocycles. The fraction of sp³-hybridized carbons (Fsp3) is 0.133. The van der Waals surface area contributed by atoms with Crippen molar-refractivity contribution in [3.8, 4) is 29.4 Å². The smallest absolute Gasteiger partial charge is 0.265 e. The van der Waals surface area contributed by atoms with Gasteiger partial charge in [0, 0.05) is 12.6 Å². The molecule has 20 heavy (non-hydrogen) atoms. The van der Waals surface area contributed by atoms with Crippen LogP contribution in [0.3, 0.4) is 0 Å². The Kier molecular flexibility index (Phi) is 4.53. The molecule has 0 bridgehead atoms. The van der Waals surface area contributed by atoms with Crippen LogP contribution in [0.1, 0.15) is 0 Å². The lowest BCUT2D eigenvalue weighted by atomic mass is 10.1. The summed E-state index contributed by atoms with van der Waals surface area (Å²) < 4.78 is 7.35. The minimum atomic E-state index is -0.119. The third kappa shape index (κ3) is 2.90. The van der Waals surface area contributed by atoms with Gasteiger partial charge in [0.25, 0.3) is 5.56 Å². The molecular weight excluding hydrogens is 342 g/mol. The van der Waals surface area contributed by atoms with Crippen LogP contribution in [0.5, 0.6) is 5.75 Å². The van der Waals surface area contributed by atoms with E-state index in [-0.39, 0.29) is 12.2 Å². The number of ether oxygens (including phenoxy) is 1. The Balaban J connectivity index is 2.47. The van der Waals surface area contributed by atoms with Gasteiger partial charge in [0.15, 0.2) is 0 Å². The standard InChI is InChI=1S/C15H11BrClNO2/c1-3-8-20-10-4-5-11(13(17)9-10)14-7-6-12(16)15(19)18(14)2/h1,4-7,9H,8H2,2H3. The zero-order valence-electron chi connectivity index (χ0n) is 10.7. The topological polar surface area (TPSA) is 31.2 Å². The van der Waals surface area contributed by atoms with E-state index in [1.54, 1.807) is 31.3 Å². The lowest BCUT2D eigenvalue weighted by Crippen LogP contribution is -2.18. The van der Waals surface area contributed by atoms with Gasteiger partial charge in [-0.05, 0) is 46.3 Å². The average molecular weight is 353 g/mol. The maximum absolute atomic E-state index is 11.9. The van der Waals surface area contributed by atoms with Crippen molar-refractivity contribution in [2.24, 2.45) is 7.05 Å². The van der Waals surface area contributed by atoms with E-state index in [9.17, 15) is 4.79 Å². The molecule has 102 valence electrons. The highest BCUT2D eigenvalue weighted by Gasteiger charge is 2.10. The first kappa shape index (κ1) is 14.7. The van der Waals surface area contributed by atoms with Crippen LogP contribution in [0.25, 0.3) is 11.3 Å². The van der Waals surface area contributed by atoms with E-state index >= 15 is 0 Å². The van der Waals surface area contributed by atoms with Crippen molar-refractivity contribution >= 4 is 27.5 Å². The number of benzene rings is 1. The number of halogens is 2. The first-order valence-electron chi connectivity index (χ1n) is 5.76. The summed E-state index contributed by atoms with van der Waals surface area (Å²) in [5, 5.41) is 0.497. The minimum Gasteiger partial charge on any atom is -0.481 e. The summed E-state index contributed by atoms with van der Waals surface area (Å²) in [5.41, 5.74) is 1.37. The summed E-state index contributed by atoms with van der Waals surface area (Å²) in [6, 6.07) is 8.79. The highest BCUT2D eigenvalue weighted by atomic mass is 79.9. The monoisotopic (exact) mass is 351 g/mol. The first-order chi connectivity index (χ1) is 9.54. The first-order valence-corrected chi connectivity index (χ1v) is 6.93. The van der Waals surface area contributed by atoms with E-state index in [1.807, 2.05) is 6.07 Å². The van der Waals surface area contributed by atoms with Gasteiger partial charge in [-0.2, -0.15) is 0 Å². The molecule has 1 aromatic heterocycles. The molecule has 0 N–H and O–H groups in total. The van der Waals surface area contributed by atoms with Crippen LogP contribution in [-0.2, 0) is 7.05 Å². The van der Waals surface area contributed by atoms with Gasteiger partial charge >= 0.3 is 0 Å². The van der Waals surface area contributed by atoms with Gasteiger partial charge in [-0.1, -0.05) is 17.5 Å². The van der Waals surface area contributed by atoms with Gasteiger partial charge in [-0.3, -0.25) is 4.79 Å². The molecule has 0 fully saturated rings. The lowest BCUT2D eigenvalue weighted by molar-refractivity contribution is 0.370. The van der Waals surface area contributed by atoms with Crippen molar-refractivity contribution in [1.82, 2.24) is 4.57 Å². The summed E-state index contributed by atoms with van der Waals surface area (Å²) in [6.45, 7) is 0.187. The highest BCUT2D eigenvalue weighted by Crippen LogP contribution is 2.30. The summed E-state index contributed by atoms with van der Waals surface area (Å²) in [7, 11) is 1.70. The van der Waals surface area contributed by atoms with Crippen molar-refractivity contribution in [1.29, 1.82) is 0 Å². The molecule has 2 aromatic rings. The number of nitrogens with zero attached hydrogens (tertiary/aromatic N) is 1. The molecule has 2 rings (SSSR count). The van der Waals surface area contributed by atoms with Crippen molar-refractivity contribution in [2.75, 3.05) is 6.61 Å². The van der Waals surface area contributed by atoms with Crippen molar-refractivity contribution in [3.05, 3.63) is 50.2 Å². The number of rotatable bonds is 3. The van der Waals surface area contributed by atoms with Gasteiger partial charge in [0.2, 0.25) is 0 Å². The number of hydrogen-bond acceptors (Lipinski definition) is 2.